The van der Waals surface area contributed by atoms with Gasteiger partial charge in [0.05, 0.1) is 4.90 Å². The molecule has 0 aromatic heterocycles. The summed E-state index contributed by atoms with van der Waals surface area (Å²) in [5.41, 5.74) is 1.95. The Morgan fingerprint density at radius 2 is 1.92 bits per heavy atom. The number of hydrogen-bond acceptors (Lipinski definition) is 3. The van der Waals surface area contributed by atoms with Crippen LogP contribution in [0.4, 0.5) is 0 Å². The maximum Gasteiger partial charge on any atom is 0.245 e. The Labute approximate surface area is 153 Å². The van der Waals surface area contributed by atoms with E-state index in [1.807, 2.05) is 13.8 Å². The molecule has 25 heavy (non-hydrogen) atoms. The molecule has 0 unspecified atom stereocenters. The van der Waals surface area contributed by atoms with Gasteiger partial charge in [0.25, 0.3) is 0 Å². The van der Waals surface area contributed by atoms with Crippen LogP contribution in [0.2, 0.25) is 0 Å². The summed E-state index contributed by atoms with van der Waals surface area (Å²) in [4.78, 5) is 0.267. The van der Waals surface area contributed by atoms with Gasteiger partial charge < -0.3 is 4.74 Å². The molecule has 0 bridgehead atoms. The molecule has 0 aliphatic rings. The van der Waals surface area contributed by atoms with Crippen molar-refractivity contribution in [2.24, 2.45) is 0 Å². The summed E-state index contributed by atoms with van der Waals surface area (Å²) in [6, 6.07) is 6.87. The first-order chi connectivity index (χ1) is 11.8. The zero-order chi connectivity index (χ0) is 18.9. The van der Waals surface area contributed by atoms with Crippen molar-refractivity contribution in [3.63, 3.8) is 0 Å². The Hall–Kier alpha value is -1.43. The molecule has 1 aromatic rings. The average Bonchev–Trinajstić information content (AvgIpc) is 2.56. The number of sulfonamides is 1. The van der Waals surface area contributed by atoms with Crippen molar-refractivity contribution >= 4 is 10.0 Å². The Morgan fingerprint density at radius 3 is 2.44 bits per heavy atom. The van der Waals surface area contributed by atoms with Crippen LogP contribution < -0.4 is 0 Å². The van der Waals surface area contributed by atoms with E-state index in [1.165, 1.54) is 4.31 Å². The zero-order valence-corrected chi connectivity index (χ0v) is 16.5. The van der Waals surface area contributed by atoms with Gasteiger partial charge in [0.2, 0.25) is 10.0 Å². The number of rotatable bonds is 12. The first-order valence-corrected chi connectivity index (χ1v) is 10.2. The van der Waals surface area contributed by atoms with Gasteiger partial charge in [0, 0.05) is 13.2 Å². The average molecular weight is 366 g/mol. The summed E-state index contributed by atoms with van der Waals surface area (Å²) in [5, 5.41) is 0. The lowest BCUT2D eigenvalue weighted by atomic mass is 10.2. The second-order valence-electron chi connectivity index (χ2n) is 6.34. The minimum Gasteiger partial charge on any atom is -0.358 e. The molecule has 0 saturated heterocycles. The van der Waals surface area contributed by atoms with Crippen LogP contribution in [-0.2, 0) is 14.8 Å². The third-order valence-electron chi connectivity index (χ3n) is 3.91. The highest BCUT2D eigenvalue weighted by atomic mass is 32.2. The van der Waals surface area contributed by atoms with Gasteiger partial charge in [-0.25, -0.2) is 8.42 Å². The van der Waals surface area contributed by atoms with Crippen LogP contribution in [-0.4, -0.2) is 32.1 Å². The summed E-state index contributed by atoms with van der Waals surface area (Å²) in [6.07, 6.45) is 4.50. The molecule has 4 nitrogen and oxygen atoms in total. The Bertz CT molecular complexity index is 650. The van der Waals surface area contributed by atoms with E-state index >= 15 is 0 Å². The first-order valence-electron chi connectivity index (χ1n) is 8.80. The van der Waals surface area contributed by atoms with Crippen molar-refractivity contribution in [3.05, 3.63) is 54.6 Å². The van der Waals surface area contributed by atoms with Crippen LogP contribution in [0.25, 0.3) is 0 Å². The van der Waals surface area contributed by atoms with Crippen LogP contribution in [0.1, 0.15) is 45.1 Å². The minimum absolute atomic E-state index is 0.267. The lowest BCUT2D eigenvalue weighted by Gasteiger charge is -2.29. The number of nitrogens with zero attached hydrogens (tertiary/aromatic N) is 1. The number of unbranched alkanes of at least 4 members (excludes halogenated alkanes) is 2. The van der Waals surface area contributed by atoms with Gasteiger partial charge in [-0.15, -0.1) is 6.58 Å². The van der Waals surface area contributed by atoms with Crippen LogP contribution in [0, 0.1) is 6.92 Å². The summed E-state index contributed by atoms with van der Waals surface area (Å²) in [7, 11) is -3.67. The monoisotopic (exact) mass is 365 g/mol. The Morgan fingerprint density at radius 1 is 1.28 bits per heavy atom. The van der Waals surface area contributed by atoms with E-state index in [0.717, 1.165) is 30.4 Å². The van der Waals surface area contributed by atoms with E-state index < -0.39 is 16.3 Å². The van der Waals surface area contributed by atoms with Crippen LogP contribution in [0.5, 0.6) is 0 Å². The maximum absolute atomic E-state index is 13.1. The van der Waals surface area contributed by atoms with Gasteiger partial charge in [-0.1, -0.05) is 49.6 Å². The highest BCUT2D eigenvalue weighted by Crippen LogP contribution is 2.21. The van der Waals surface area contributed by atoms with Crippen molar-refractivity contribution in [1.82, 2.24) is 4.31 Å². The Kier molecular flexibility index (Phi) is 9.11. The lowest BCUT2D eigenvalue weighted by Crippen LogP contribution is -2.41. The third-order valence-corrected chi connectivity index (χ3v) is 5.78. The van der Waals surface area contributed by atoms with E-state index in [4.69, 9.17) is 4.74 Å². The third kappa shape index (κ3) is 6.77. The molecule has 0 radical (unpaired) electrons. The first kappa shape index (κ1) is 21.6. The fourth-order valence-corrected chi connectivity index (χ4v) is 3.86. The quantitative estimate of drug-likeness (QED) is 0.307. The predicted octanol–water partition coefficient (Wildman–Crippen LogP) is 4.67. The van der Waals surface area contributed by atoms with Crippen molar-refractivity contribution in [3.8, 4) is 0 Å². The molecule has 0 aliphatic carbocycles. The molecule has 0 spiro atoms. The van der Waals surface area contributed by atoms with E-state index in [-0.39, 0.29) is 4.90 Å². The van der Waals surface area contributed by atoms with Crippen molar-refractivity contribution < 1.29 is 13.2 Å². The van der Waals surface area contributed by atoms with Gasteiger partial charge in [0.15, 0.2) is 0 Å². The fourth-order valence-electron chi connectivity index (χ4n) is 2.36. The smallest absolute Gasteiger partial charge is 0.245 e. The largest absolute Gasteiger partial charge is 0.358 e. The van der Waals surface area contributed by atoms with Crippen molar-refractivity contribution in [2.75, 3.05) is 13.2 Å². The molecule has 5 heteroatoms. The van der Waals surface area contributed by atoms with E-state index in [9.17, 15) is 8.42 Å². The molecule has 140 valence electrons. The normalized spacial score (nSPS) is 13.0. The molecule has 0 heterocycles. The van der Waals surface area contributed by atoms with Crippen LogP contribution in [0.3, 0.4) is 0 Å². The molecule has 0 N–H and O–H groups in total. The number of ether oxygens (including phenoxy) is 1. The standard InChI is InChI=1S/C20H31NO3S/c1-6-8-9-16-24-20(7-2)21(15-14-17(3)4)25(22,23)19-12-10-18(5)11-13-19/h7,10-13,20H,2-3,6,8-9,14-16H2,1,4-5H3/t20-/m0/s1. The molecule has 1 rings (SSSR count). The molecule has 1 aromatic carbocycles. The second kappa shape index (κ2) is 10.5. The summed E-state index contributed by atoms with van der Waals surface area (Å²) < 4.78 is 33.4. The highest BCUT2D eigenvalue weighted by molar-refractivity contribution is 7.89. The fraction of sp³-hybridized carbons (Fsp3) is 0.500. The molecule has 0 saturated carbocycles. The SMILES string of the molecule is C=C[C@H](OCCCCC)N(CCC(=C)C)S(=O)(=O)c1ccc(C)cc1. The maximum atomic E-state index is 13.1. The van der Waals surface area contributed by atoms with Gasteiger partial charge in [-0.2, -0.15) is 4.31 Å². The molecular formula is C20H31NO3S. The van der Waals surface area contributed by atoms with Gasteiger partial charge >= 0.3 is 0 Å². The summed E-state index contributed by atoms with van der Waals surface area (Å²) >= 11 is 0. The van der Waals surface area contributed by atoms with E-state index in [1.54, 1.807) is 30.3 Å². The van der Waals surface area contributed by atoms with Gasteiger partial charge in [-0.3, -0.25) is 0 Å². The van der Waals surface area contributed by atoms with Crippen LogP contribution >= 0.6 is 0 Å². The van der Waals surface area contributed by atoms with Crippen molar-refractivity contribution in [2.45, 2.75) is 57.6 Å². The Balaban J connectivity index is 3.05. The van der Waals surface area contributed by atoms with E-state index in [2.05, 4.69) is 20.1 Å². The number of hydrogen-bond donors (Lipinski definition) is 0. The molecule has 1 atom stereocenters. The summed E-state index contributed by atoms with van der Waals surface area (Å²) in [6.45, 7) is 14.4. The molecule has 0 aliphatic heterocycles. The highest BCUT2D eigenvalue weighted by Gasteiger charge is 2.30. The number of benzene rings is 1. The topological polar surface area (TPSA) is 46.6 Å². The lowest BCUT2D eigenvalue weighted by molar-refractivity contribution is 0.0127. The second-order valence-corrected chi connectivity index (χ2v) is 8.23. The van der Waals surface area contributed by atoms with Crippen molar-refractivity contribution in [1.29, 1.82) is 0 Å². The van der Waals surface area contributed by atoms with Gasteiger partial charge in [0.1, 0.15) is 6.23 Å². The minimum atomic E-state index is -3.67. The molecule has 0 amide bonds. The number of aryl methyl sites for hydroxylation is 1. The molecular weight excluding hydrogens is 334 g/mol. The summed E-state index contributed by atoms with van der Waals surface area (Å²) in [5.74, 6) is 0. The van der Waals surface area contributed by atoms with Gasteiger partial charge in [-0.05, 0) is 44.9 Å². The molecule has 0 fully saturated rings. The zero-order valence-electron chi connectivity index (χ0n) is 15.7. The van der Waals surface area contributed by atoms with E-state index in [0.29, 0.717) is 19.6 Å². The predicted molar refractivity (Wildman–Crippen MR) is 104 cm³/mol. The van der Waals surface area contributed by atoms with Crippen LogP contribution in [0.15, 0.2) is 54.0 Å².